The number of carbonyl (C=O) groups is 3. The molecular weight excluding hydrogens is 414 g/mol. The van der Waals surface area contributed by atoms with Crippen molar-refractivity contribution in [3.63, 3.8) is 0 Å². The fourth-order valence-electron chi connectivity index (χ4n) is 3.39. The van der Waals surface area contributed by atoms with Crippen LogP contribution < -0.4 is 10.2 Å². The van der Waals surface area contributed by atoms with Gasteiger partial charge in [0.15, 0.2) is 5.88 Å². The molecule has 0 unspecified atom stereocenters. The highest BCUT2D eigenvalue weighted by Gasteiger charge is 2.29. The minimum atomic E-state index is -0.667. The SMILES string of the molecule is CCOc1[nH]c(C=C2C(=O)NN=C2CCc2ccccc2)c(C(=O)OC)c1CC(=O)OC. The van der Waals surface area contributed by atoms with Crippen LogP contribution in [0, 0.1) is 0 Å². The van der Waals surface area contributed by atoms with Crippen LogP contribution in [0.2, 0.25) is 0 Å². The second kappa shape index (κ2) is 10.4. The van der Waals surface area contributed by atoms with Crippen molar-refractivity contribution >= 4 is 29.6 Å². The average molecular weight is 439 g/mol. The molecule has 2 heterocycles. The predicted molar refractivity (Wildman–Crippen MR) is 117 cm³/mol. The van der Waals surface area contributed by atoms with Crippen LogP contribution in [-0.4, -0.2) is 49.4 Å². The average Bonchev–Trinajstić information content (AvgIpc) is 3.32. The first-order chi connectivity index (χ1) is 15.5. The molecule has 9 heteroatoms. The zero-order chi connectivity index (χ0) is 23.1. The smallest absolute Gasteiger partial charge is 0.340 e. The van der Waals surface area contributed by atoms with E-state index in [-0.39, 0.29) is 23.8 Å². The maximum atomic E-state index is 12.6. The molecule has 0 radical (unpaired) electrons. The van der Waals surface area contributed by atoms with Crippen LogP contribution in [0.1, 0.15) is 40.5 Å². The number of ether oxygens (including phenoxy) is 3. The molecular formula is C23H25N3O6. The number of methoxy groups -OCH3 is 2. The standard InChI is InChI=1S/C23H25N3O6/c1-4-32-22-16(13-19(27)30-2)20(23(29)31-3)18(24-22)12-15-17(25-26-21(15)28)11-10-14-8-6-5-7-9-14/h5-9,12,24H,4,10-11,13H2,1-3H3,(H,26,28). The Balaban J connectivity index is 1.99. The van der Waals surface area contributed by atoms with E-state index < -0.39 is 11.9 Å². The van der Waals surface area contributed by atoms with Gasteiger partial charge in [0.25, 0.3) is 5.91 Å². The lowest BCUT2D eigenvalue weighted by molar-refractivity contribution is -0.139. The molecule has 1 aliphatic rings. The maximum absolute atomic E-state index is 12.6. The summed E-state index contributed by atoms with van der Waals surface area (Å²) in [6.07, 6.45) is 2.55. The van der Waals surface area contributed by atoms with Crippen LogP contribution in [0.15, 0.2) is 41.0 Å². The topological polar surface area (TPSA) is 119 Å². The van der Waals surface area contributed by atoms with Gasteiger partial charge in [0.05, 0.1) is 49.8 Å². The van der Waals surface area contributed by atoms with Gasteiger partial charge in [0.2, 0.25) is 0 Å². The second-order valence-corrected chi connectivity index (χ2v) is 6.94. The van der Waals surface area contributed by atoms with E-state index in [2.05, 4.69) is 15.5 Å². The molecule has 0 fully saturated rings. The van der Waals surface area contributed by atoms with E-state index in [1.807, 2.05) is 30.3 Å². The predicted octanol–water partition coefficient (Wildman–Crippen LogP) is 2.42. The third-order valence-electron chi connectivity index (χ3n) is 4.95. The molecule has 2 N–H and O–H groups in total. The largest absolute Gasteiger partial charge is 0.479 e. The van der Waals surface area contributed by atoms with Gasteiger partial charge in [0.1, 0.15) is 0 Å². The maximum Gasteiger partial charge on any atom is 0.340 e. The number of hydrazone groups is 1. The van der Waals surface area contributed by atoms with Crippen molar-refractivity contribution in [2.24, 2.45) is 5.10 Å². The minimum absolute atomic E-state index is 0.107. The van der Waals surface area contributed by atoms with Gasteiger partial charge >= 0.3 is 11.9 Å². The van der Waals surface area contributed by atoms with Crippen molar-refractivity contribution < 1.29 is 28.6 Å². The number of esters is 2. The summed E-state index contributed by atoms with van der Waals surface area (Å²) in [4.78, 5) is 40.0. The van der Waals surface area contributed by atoms with Crippen LogP contribution in [0.25, 0.3) is 6.08 Å². The number of rotatable bonds is 9. The van der Waals surface area contributed by atoms with E-state index in [1.165, 1.54) is 20.3 Å². The molecule has 0 bridgehead atoms. The Hall–Kier alpha value is -3.88. The monoisotopic (exact) mass is 439 g/mol. The van der Waals surface area contributed by atoms with Gasteiger partial charge in [-0.25, -0.2) is 10.2 Å². The first-order valence-corrected chi connectivity index (χ1v) is 10.1. The van der Waals surface area contributed by atoms with Gasteiger partial charge in [-0.3, -0.25) is 9.59 Å². The van der Waals surface area contributed by atoms with E-state index in [4.69, 9.17) is 14.2 Å². The molecule has 1 aliphatic heterocycles. The number of aromatic amines is 1. The van der Waals surface area contributed by atoms with Crippen molar-refractivity contribution in [2.75, 3.05) is 20.8 Å². The number of carbonyl (C=O) groups excluding carboxylic acids is 3. The molecule has 0 saturated carbocycles. The highest BCUT2D eigenvalue weighted by Crippen LogP contribution is 2.30. The Morgan fingerprint density at radius 1 is 1.09 bits per heavy atom. The molecule has 2 aromatic rings. The van der Waals surface area contributed by atoms with Gasteiger partial charge in [-0.2, -0.15) is 5.10 Å². The van der Waals surface area contributed by atoms with E-state index in [0.29, 0.717) is 42.0 Å². The number of H-pyrrole nitrogens is 1. The third kappa shape index (κ3) is 5.05. The number of hydrogen-bond acceptors (Lipinski definition) is 7. The lowest BCUT2D eigenvalue weighted by Gasteiger charge is -2.06. The molecule has 0 aliphatic carbocycles. The number of aryl methyl sites for hydroxylation is 1. The van der Waals surface area contributed by atoms with Crippen molar-refractivity contribution in [3.8, 4) is 5.88 Å². The molecule has 0 saturated heterocycles. The molecule has 1 aromatic heterocycles. The van der Waals surface area contributed by atoms with Crippen LogP contribution >= 0.6 is 0 Å². The van der Waals surface area contributed by atoms with Crippen LogP contribution in [0.4, 0.5) is 0 Å². The molecule has 9 nitrogen and oxygen atoms in total. The van der Waals surface area contributed by atoms with Crippen molar-refractivity contribution in [2.45, 2.75) is 26.2 Å². The van der Waals surface area contributed by atoms with Crippen LogP contribution in [0.3, 0.4) is 0 Å². The summed E-state index contributed by atoms with van der Waals surface area (Å²) in [6.45, 7) is 2.08. The van der Waals surface area contributed by atoms with Gasteiger partial charge < -0.3 is 19.2 Å². The molecule has 168 valence electrons. The highest BCUT2D eigenvalue weighted by atomic mass is 16.5. The molecule has 0 spiro atoms. The van der Waals surface area contributed by atoms with Crippen molar-refractivity contribution in [1.29, 1.82) is 0 Å². The summed E-state index contributed by atoms with van der Waals surface area (Å²) in [5, 5.41) is 4.14. The molecule has 32 heavy (non-hydrogen) atoms. The van der Waals surface area contributed by atoms with Crippen LogP contribution in [-0.2, 0) is 31.9 Å². The molecule has 1 aromatic carbocycles. The quantitative estimate of drug-likeness (QED) is 0.458. The third-order valence-corrected chi connectivity index (χ3v) is 4.95. The Morgan fingerprint density at radius 2 is 1.84 bits per heavy atom. The van der Waals surface area contributed by atoms with Crippen LogP contribution in [0.5, 0.6) is 5.88 Å². The summed E-state index contributed by atoms with van der Waals surface area (Å²) < 4.78 is 15.3. The zero-order valence-electron chi connectivity index (χ0n) is 18.2. The Bertz CT molecular complexity index is 1070. The molecule has 3 rings (SSSR count). The number of hydrogen-bond donors (Lipinski definition) is 2. The van der Waals surface area contributed by atoms with Crippen molar-refractivity contribution in [3.05, 3.63) is 58.3 Å². The van der Waals surface area contributed by atoms with Gasteiger partial charge in [0, 0.05) is 5.56 Å². The van der Waals surface area contributed by atoms with Gasteiger partial charge in [-0.05, 0) is 31.4 Å². The lowest BCUT2D eigenvalue weighted by atomic mass is 10.00. The first kappa shape index (κ1) is 22.8. The van der Waals surface area contributed by atoms with E-state index >= 15 is 0 Å². The summed E-state index contributed by atoms with van der Waals surface area (Å²) in [5.41, 5.74) is 5.17. The Morgan fingerprint density at radius 3 is 2.50 bits per heavy atom. The number of nitrogens with one attached hydrogen (secondary N) is 2. The molecule has 1 amide bonds. The zero-order valence-corrected chi connectivity index (χ0v) is 18.2. The number of aromatic nitrogens is 1. The fraction of sp³-hybridized carbons (Fsp3) is 0.304. The number of benzene rings is 1. The summed E-state index contributed by atoms with van der Waals surface area (Å²) in [7, 11) is 2.50. The summed E-state index contributed by atoms with van der Waals surface area (Å²) >= 11 is 0. The fourth-order valence-corrected chi connectivity index (χ4v) is 3.39. The first-order valence-electron chi connectivity index (χ1n) is 10.1. The highest BCUT2D eigenvalue weighted by molar-refractivity contribution is 6.27. The minimum Gasteiger partial charge on any atom is -0.479 e. The van der Waals surface area contributed by atoms with E-state index in [9.17, 15) is 14.4 Å². The van der Waals surface area contributed by atoms with E-state index in [1.54, 1.807) is 6.92 Å². The second-order valence-electron chi connectivity index (χ2n) is 6.94. The lowest BCUT2D eigenvalue weighted by Crippen LogP contribution is -2.14. The molecule has 0 atom stereocenters. The number of nitrogens with zero attached hydrogens (tertiary/aromatic N) is 1. The normalized spacial score (nSPS) is 14.2. The van der Waals surface area contributed by atoms with Gasteiger partial charge in [-0.1, -0.05) is 30.3 Å². The Kier molecular flexibility index (Phi) is 7.43. The summed E-state index contributed by atoms with van der Waals surface area (Å²) in [5.74, 6) is -1.35. The summed E-state index contributed by atoms with van der Waals surface area (Å²) in [6, 6.07) is 9.84. The number of amides is 1. The van der Waals surface area contributed by atoms with E-state index in [0.717, 1.165) is 5.56 Å². The van der Waals surface area contributed by atoms with Crippen molar-refractivity contribution in [1.82, 2.24) is 10.4 Å². The Labute approximate surface area is 185 Å². The van der Waals surface area contributed by atoms with Gasteiger partial charge in [-0.15, -0.1) is 0 Å².